The number of nitrogens with zero attached hydrogens (tertiary/aromatic N) is 7. The molecule has 0 aliphatic carbocycles. The molecule has 1 unspecified atom stereocenters. The molecule has 0 radical (unpaired) electrons. The summed E-state index contributed by atoms with van der Waals surface area (Å²) in [5, 5.41) is 19.5. The highest BCUT2D eigenvalue weighted by Gasteiger charge is 2.31. The zero-order chi connectivity index (χ0) is 31.1. The largest absolute Gasteiger partial charge is 0.573 e. The second kappa shape index (κ2) is 17.0. The van der Waals surface area contributed by atoms with Crippen molar-refractivity contribution in [2.45, 2.75) is 51.7 Å². The summed E-state index contributed by atoms with van der Waals surface area (Å²) >= 11 is 0. The number of carbonyl (C=O) groups is 2. The number of nitrogens with one attached hydrogen (secondary N) is 2. The summed E-state index contributed by atoms with van der Waals surface area (Å²) < 4.78 is 80.5. The molecule has 3 aromatic rings. The number of ether oxygens (including phenoxy) is 1. The number of amides is 1. The van der Waals surface area contributed by atoms with Crippen LogP contribution in [-0.2, 0) is 24.4 Å². The summed E-state index contributed by atoms with van der Waals surface area (Å²) in [4.78, 5) is 22.7. The molecular weight excluding hydrogens is 576 g/mol. The second-order valence-corrected chi connectivity index (χ2v) is 8.78. The number of likely N-dealkylation sites (tertiary alicyclic amines) is 1. The minimum absolute atomic E-state index is 0.0166. The van der Waals surface area contributed by atoms with Crippen LogP contribution in [0.3, 0.4) is 0 Å². The lowest BCUT2D eigenvalue weighted by Crippen LogP contribution is -2.47. The van der Waals surface area contributed by atoms with E-state index in [-0.39, 0.29) is 36.6 Å². The number of alkyl halides is 5. The first-order chi connectivity index (χ1) is 20.0. The molecule has 232 valence electrons. The maximum absolute atomic E-state index is 13.7. The molecule has 1 atom stereocenters. The summed E-state index contributed by atoms with van der Waals surface area (Å²) in [7, 11) is 1.57. The van der Waals surface area contributed by atoms with Crippen LogP contribution in [0.25, 0.3) is 0 Å². The number of halogens is 6. The summed E-state index contributed by atoms with van der Waals surface area (Å²) in [6, 6.07) is 2.88. The number of anilines is 1. The zero-order valence-corrected chi connectivity index (χ0v) is 22.8. The van der Waals surface area contributed by atoms with Crippen LogP contribution in [0.4, 0.5) is 32.2 Å². The molecule has 1 amide bonds. The molecule has 1 aliphatic heterocycles. The average Bonchev–Trinajstić information content (AvgIpc) is 3.57. The predicted molar refractivity (Wildman–Crippen MR) is 137 cm³/mol. The van der Waals surface area contributed by atoms with E-state index >= 15 is 0 Å². The van der Waals surface area contributed by atoms with Gasteiger partial charge in [0, 0.05) is 38.2 Å². The summed E-state index contributed by atoms with van der Waals surface area (Å²) in [6.45, 7) is 4.83. The molecule has 0 bridgehead atoms. The first-order valence-corrected chi connectivity index (χ1v) is 12.6. The van der Waals surface area contributed by atoms with E-state index in [9.17, 15) is 35.9 Å². The lowest BCUT2D eigenvalue weighted by molar-refractivity contribution is -0.274. The van der Waals surface area contributed by atoms with Gasteiger partial charge in [-0.1, -0.05) is 17.4 Å². The molecule has 2 aromatic heterocycles. The van der Waals surface area contributed by atoms with Crippen LogP contribution >= 0.6 is 0 Å². The third kappa shape index (κ3) is 12.6. The van der Waals surface area contributed by atoms with Crippen molar-refractivity contribution < 1.29 is 40.7 Å². The maximum atomic E-state index is 13.7. The van der Waals surface area contributed by atoms with Crippen molar-refractivity contribution in [3.05, 3.63) is 47.7 Å². The Bertz CT molecular complexity index is 1230. The maximum Gasteiger partial charge on any atom is 0.573 e. The van der Waals surface area contributed by atoms with Crippen LogP contribution in [0.5, 0.6) is 5.75 Å². The van der Waals surface area contributed by atoms with Crippen LogP contribution in [0, 0.1) is 5.82 Å². The molecule has 0 saturated carbocycles. The lowest BCUT2D eigenvalue weighted by atomic mass is 10.2. The smallest absolute Gasteiger partial charge is 0.406 e. The Hall–Kier alpha value is -4.06. The highest BCUT2D eigenvalue weighted by molar-refractivity contribution is 5.70. The lowest BCUT2D eigenvalue weighted by Gasteiger charge is -2.32. The van der Waals surface area contributed by atoms with Gasteiger partial charge in [0.05, 0.1) is 18.9 Å². The zero-order valence-electron chi connectivity index (χ0n) is 22.8. The topological polar surface area (TPSA) is 132 Å². The van der Waals surface area contributed by atoms with Crippen molar-refractivity contribution in [1.82, 2.24) is 40.2 Å². The number of hydrogen-bond acceptors (Lipinski definition) is 9. The van der Waals surface area contributed by atoms with E-state index in [2.05, 4.69) is 40.9 Å². The number of carbonyl (C=O) groups excluding carboxylic acids is 2. The van der Waals surface area contributed by atoms with Gasteiger partial charge in [0.15, 0.2) is 12.1 Å². The average molecular weight is 608 g/mol. The number of aldehydes is 1. The molecule has 4 rings (SSSR count). The third-order valence-electron chi connectivity index (χ3n) is 5.46. The van der Waals surface area contributed by atoms with Gasteiger partial charge in [-0.2, -0.15) is 0 Å². The van der Waals surface area contributed by atoms with Gasteiger partial charge < -0.3 is 15.4 Å². The highest BCUT2D eigenvalue weighted by Crippen LogP contribution is 2.24. The Balaban J connectivity index is 0.000000245. The van der Waals surface area contributed by atoms with Gasteiger partial charge in [-0.15, -0.1) is 23.4 Å². The van der Waals surface area contributed by atoms with E-state index in [4.69, 9.17) is 0 Å². The fourth-order valence-corrected chi connectivity index (χ4v) is 3.40. The van der Waals surface area contributed by atoms with Crippen LogP contribution in [0.15, 0.2) is 30.6 Å². The number of hydrogen-bond donors (Lipinski definition) is 2. The van der Waals surface area contributed by atoms with Crippen molar-refractivity contribution in [3.8, 4) is 5.75 Å². The normalized spacial score (nSPS) is 14.0. The quantitative estimate of drug-likeness (QED) is 0.236. The van der Waals surface area contributed by atoms with E-state index in [0.29, 0.717) is 32.3 Å². The van der Waals surface area contributed by atoms with Crippen LogP contribution in [0.1, 0.15) is 29.4 Å². The molecule has 1 aliphatic rings. The van der Waals surface area contributed by atoms with E-state index < -0.39 is 30.3 Å². The van der Waals surface area contributed by atoms with Crippen molar-refractivity contribution >= 4 is 18.5 Å². The minimum atomic E-state index is -4.76. The standard InChI is InChI=1S/C10H12FN7O2.C9H9F4NO.C5H10FN/c11-8(1-2-17-4-9(6-19)13-15-17)3-18-5-10(12-7-20)14-16-18;1-14-5-6-4-7(2-3-8(6)10)15-9(11,12)13;1-2-7-3-5(6)4-7/h4-8H,1-3H2,(H,12,20);2-4,14H,5H2,1H3;5H,2-4H2,1H3. The van der Waals surface area contributed by atoms with Crippen LogP contribution in [-0.4, -0.2) is 93.0 Å². The highest BCUT2D eigenvalue weighted by atomic mass is 19.4. The van der Waals surface area contributed by atoms with Gasteiger partial charge in [-0.25, -0.2) is 17.9 Å². The molecule has 1 saturated heterocycles. The Morgan fingerprint density at radius 3 is 2.40 bits per heavy atom. The third-order valence-corrected chi connectivity index (χ3v) is 5.46. The summed E-state index contributed by atoms with van der Waals surface area (Å²) in [5.41, 5.74) is 0.334. The van der Waals surface area contributed by atoms with Crippen molar-refractivity contribution in [3.63, 3.8) is 0 Å². The van der Waals surface area contributed by atoms with Crippen LogP contribution < -0.4 is 15.4 Å². The monoisotopic (exact) mass is 607 g/mol. The van der Waals surface area contributed by atoms with Crippen molar-refractivity contribution in [2.75, 3.05) is 32.0 Å². The number of aryl methyl sites for hydroxylation is 1. The first kappa shape index (κ1) is 34.1. The van der Waals surface area contributed by atoms with E-state index in [0.717, 1.165) is 24.7 Å². The van der Waals surface area contributed by atoms with Gasteiger partial charge in [0.2, 0.25) is 6.41 Å². The van der Waals surface area contributed by atoms with E-state index in [1.54, 1.807) is 7.05 Å². The SMILES string of the molecule is CCN1CC(F)C1.CNCc1cc(OC(F)(F)F)ccc1F.O=CNc1cn(CC(F)CCn2cc(C=O)nn2)nn1. The fourth-order valence-electron chi connectivity index (χ4n) is 3.40. The summed E-state index contributed by atoms with van der Waals surface area (Å²) in [5.74, 6) is -0.730. The van der Waals surface area contributed by atoms with Crippen molar-refractivity contribution in [1.29, 1.82) is 0 Å². The molecule has 12 nitrogen and oxygen atoms in total. The van der Waals surface area contributed by atoms with E-state index in [1.807, 2.05) is 6.92 Å². The Morgan fingerprint density at radius 1 is 1.14 bits per heavy atom. The molecule has 2 N–H and O–H groups in total. The minimum Gasteiger partial charge on any atom is -0.406 e. The molecule has 42 heavy (non-hydrogen) atoms. The summed E-state index contributed by atoms with van der Waals surface area (Å²) in [6.07, 6.45) is -2.33. The molecule has 18 heteroatoms. The van der Waals surface area contributed by atoms with Crippen LogP contribution in [0.2, 0.25) is 0 Å². The second-order valence-electron chi connectivity index (χ2n) is 8.78. The molecule has 1 fully saturated rings. The molecule has 3 heterocycles. The van der Waals surface area contributed by atoms with Gasteiger partial charge in [0.25, 0.3) is 0 Å². The molecule has 1 aromatic carbocycles. The van der Waals surface area contributed by atoms with Gasteiger partial charge in [-0.05, 0) is 31.8 Å². The van der Waals surface area contributed by atoms with Crippen molar-refractivity contribution in [2.24, 2.45) is 0 Å². The fraction of sp³-hybridized carbons (Fsp3) is 0.500. The Labute approximate surface area is 237 Å². The van der Waals surface area contributed by atoms with E-state index in [1.165, 1.54) is 21.8 Å². The molecular formula is C24H31F6N9O3. The predicted octanol–water partition coefficient (Wildman–Crippen LogP) is 2.78. The Kier molecular flexibility index (Phi) is 13.8. The number of benzene rings is 1. The van der Waals surface area contributed by atoms with Gasteiger partial charge in [-0.3, -0.25) is 19.2 Å². The Morgan fingerprint density at radius 2 is 1.86 bits per heavy atom. The van der Waals surface area contributed by atoms with Gasteiger partial charge in [0.1, 0.15) is 29.6 Å². The molecule has 0 spiro atoms. The number of aromatic nitrogens is 6. The van der Waals surface area contributed by atoms with Gasteiger partial charge >= 0.3 is 6.36 Å². The number of rotatable bonds is 12. The first-order valence-electron chi connectivity index (χ1n) is 12.6.